The third-order valence-electron chi connectivity index (χ3n) is 3.88. The third-order valence-corrected chi connectivity index (χ3v) is 3.88. The largest absolute Gasteiger partial charge is 0.350 e. The first-order valence-corrected chi connectivity index (χ1v) is 7.28. The predicted molar refractivity (Wildman–Crippen MR) is 79.3 cm³/mol. The van der Waals surface area contributed by atoms with Gasteiger partial charge in [-0.1, -0.05) is 0 Å². The average Bonchev–Trinajstić information content (AvgIpc) is 2.75. The lowest BCUT2D eigenvalue weighted by Gasteiger charge is -2.32. The molecule has 0 aromatic rings. The highest BCUT2D eigenvalue weighted by Crippen LogP contribution is 2.11. The lowest BCUT2D eigenvalue weighted by Crippen LogP contribution is -2.51. The van der Waals surface area contributed by atoms with Gasteiger partial charge in [0.2, 0.25) is 5.91 Å². The minimum atomic E-state index is 0.178. The molecule has 0 aromatic heterocycles. The molecule has 5 nitrogen and oxygen atoms in total. The Kier molecular flexibility index (Phi) is 6.75. The highest BCUT2D eigenvalue weighted by atomic mass is 16.1. The van der Waals surface area contributed by atoms with Crippen LogP contribution >= 0.6 is 0 Å². The monoisotopic (exact) mass is 270 g/mol. The first-order valence-electron chi connectivity index (χ1n) is 7.28. The minimum Gasteiger partial charge on any atom is -0.350 e. The molecule has 1 aliphatic rings. The van der Waals surface area contributed by atoms with Crippen molar-refractivity contribution < 1.29 is 4.79 Å². The second kappa shape index (κ2) is 7.82. The molecular weight excluding hydrogens is 240 g/mol. The number of hydrogen-bond donors (Lipinski definition) is 2. The van der Waals surface area contributed by atoms with Crippen molar-refractivity contribution in [2.24, 2.45) is 0 Å². The number of amides is 1. The molecule has 1 heterocycles. The second-order valence-electron chi connectivity index (χ2n) is 6.07. The Bertz CT molecular complexity index is 281. The lowest BCUT2D eigenvalue weighted by molar-refractivity contribution is -0.122. The van der Waals surface area contributed by atoms with Gasteiger partial charge in [-0.2, -0.15) is 0 Å². The van der Waals surface area contributed by atoms with Gasteiger partial charge in [0, 0.05) is 31.6 Å². The topological polar surface area (TPSA) is 47.6 Å². The van der Waals surface area contributed by atoms with Crippen LogP contribution < -0.4 is 10.6 Å². The summed E-state index contributed by atoms with van der Waals surface area (Å²) in [7, 11) is 6.20. The molecule has 0 saturated carbocycles. The normalized spacial score (nSPS) is 23.6. The van der Waals surface area contributed by atoms with Crippen LogP contribution in [0.3, 0.4) is 0 Å². The molecule has 2 N–H and O–H groups in total. The van der Waals surface area contributed by atoms with Crippen molar-refractivity contribution in [3.63, 3.8) is 0 Å². The summed E-state index contributed by atoms with van der Waals surface area (Å²) in [5.74, 6) is 0.178. The molecule has 1 aliphatic heterocycles. The van der Waals surface area contributed by atoms with E-state index in [4.69, 9.17) is 0 Å². The standard InChI is InChI=1S/C14H30N4O/c1-11(2)18(5)13-10-15-9-12(13)16-14(19)7-6-8-17(3)4/h11-13,15H,6-10H2,1-5H3,(H,16,19)/t12-,13-/m0/s1. The maximum Gasteiger partial charge on any atom is 0.220 e. The Morgan fingerprint density at radius 3 is 2.58 bits per heavy atom. The van der Waals surface area contributed by atoms with Crippen LogP contribution in [-0.4, -0.2) is 74.6 Å². The molecule has 2 atom stereocenters. The maximum atomic E-state index is 11.9. The van der Waals surface area contributed by atoms with Crippen molar-refractivity contribution in [1.29, 1.82) is 0 Å². The van der Waals surface area contributed by atoms with E-state index < -0.39 is 0 Å². The van der Waals surface area contributed by atoms with Crippen molar-refractivity contribution in [1.82, 2.24) is 20.4 Å². The summed E-state index contributed by atoms with van der Waals surface area (Å²) in [6.45, 7) is 7.17. The molecule has 1 fully saturated rings. The fourth-order valence-electron chi connectivity index (χ4n) is 2.46. The van der Waals surface area contributed by atoms with Gasteiger partial charge in [-0.05, 0) is 48.0 Å². The van der Waals surface area contributed by atoms with Crippen LogP contribution in [0.5, 0.6) is 0 Å². The Hall–Kier alpha value is -0.650. The van der Waals surface area contributed by atoms with Crippen molar-refractivity contribution in [3.05, 3.63) is 0 Å². The summed E-state index contributed by atoms with van der Waals surface area (Å²) in [6, 6.07) is 1.13. The van der Waals surface area contributed by atoms with Crippen molar-refractivity contribution >= 4 is 5.91 Å². The summed E-state index contributed by atoms with van der Waals surface area (Å²) >= 11 is 0. The quantitative estimate of drug-likeness (QED) is 0.690. The number of likely N-dealkylation sites (N-methyl/N-ethyl adjacent to an activating group) is 1. The molecule has 0 aliphatic carbocycles. The average molecular weight is 270 g/mol. The summed E-state index contributed by atoms with van der Waals surface area (Å²) < 4.78 is 0. The zero-order valence-electron chi connectivity index (χ0n) is 13.1. The van der Waals surface area contributed by atoms with E-state index >= 15 is 0 Å². The number of nitrogens with one attached hydrogen (secondary N) is 2. The van der Waals surface area contributed by atoms with Gasteiger partial charge in [-0.25, -0.2) is 0 Å². The van der Waals surface area contributed by atoms with E-state index in [2.05, 4.69) is 41.3 Å². The minimum absolute atomic E-state index is 0.178. The Balaban J connectivity index is 2.36. The van der Waals surface area contributed by atoms with Gasteiger partial charge < -0.3 is 15.5 Å². The van der Waals surface area contributed by atoms with Gasteiger partial charge in [-0.3, -0.25) is 9.69 Å². The summed E-state index contributed by atoms with van der Waals surface area (Å²) in [6.07, 6.45) is 1.54. The van der Waals surface area contributed by atoms with Gasteiger partial charge in [0.15, 0.2) is 0 Å². The van der Waals surface area contributed by atoms with E-state index in [-0.39, 0.29) is 11.9 Å². The molecule has 0 unspecified atom stereocenters. The number of carbonyl (C=O) groups excluding carboxylic acids is 1. The van der Waals surface area contributed by atoms with Crippen LogP contribution in [0.25, 0.3) is 0 Å². The molecule has 1 saturated heterocycles. The van der Waals surface area contributed by atoms with Crippen LogP contribution in [0.1, 0.15) is 26.7 Å². The number of nitrogens with zero attached hydrogens (tertiary/aromatic N) is 2. The first kappa shape index (κ1) is 16.4. The summed E-state index contributed by atoms with van der Waals surface area (Å²) in [5, 5.41) is 6.55. The van der Waals surface area contributed by atoms with E-state index in [1.54, 1.807) is 0 Å². The second-order valence-corrected chi connectivity index (χ2v) is 6.07. The smallest absolute Gasteiger partial charge is 0.220 e. The SMILES string of the molecule is CC(C)N(C)[C@H]1CNC[C@@H]1NC(=O)CCCN(C)C. The van der Waals surface area contributed by atoms with Crippen molar-refractivity contribution in [3.8, 4) is 0 Å². The van der Waals surface area contributed by atoms with E-state index in [1.165, 1.54) is 0 Å². The van der Waals surface area contributed by atoms with E-state index in [9.17, 15) is 4.79 Å². The van der Waals surface area contributed by atoms with Gasteiger partial charge >= 0.3 is 0 Å². The molecule has 19 heavy (non-hydrogen) atoms. The number of carbonyl (C=O) groups is 1. The fourth-order valence-corrected chi connectivity index (χ4v) is 2.46. The summed E-state index contributed by atoms with van der Waals surface area (Å²) in [4.78, 5) is 16.4. The Morgan fingerprint density at radius 1 is 1.32 bits per heavy atom. The van der Waals surface area contributed by atoms with Crippen LogP contribution in [-0.2, 0) is 4.79 Å². The fraction of sp³-hybridized carbons (Fsp3) is 0.929. The number of hydrogen-bond acceptors (Lipinski definition) is 4. The first-order chi connectivity index (χ1) is 8.91. The molecule has 112 valence electrons. The van der Waals surface area contributed by atoms with Crippen LogP contribution in [0.15, 0.2) is 0 Å². The van der Waals surface area contributed by atoms with Gasteiger partial charge in [0.05, 0.1) is 6.04 Å². The van der Waals surface area contributed by atoms with E-state index in [1.807, 2.05) is 14.1 Å². The van der Waals surface area contributed by atoms with Crippen LogP contribution in [0.4, 0.5) is 0 Å². The van der Waals surface area contributed by atoms with Gasteiger partial charge in [0.1, 0.15) is 0 Å². The highest BCUT2D eigenvalue weighted by molar-refractivity contribution is 5.76. The Labute approximate surface area is 117 Å². The molecule has 1 amide bonds. The molecule has 0 aromatic carbocycles. The zero-order chi connectivity index (χ0) is 14.4. The van der Waals surface area contributed by atoms with Crippen molar-refractivity contribution in [2.45, 2.75) is 44.8 Å². The van der Waals surface area contributed by atoms with Crippen molar-refractivity contribution in [2.75, 3.05) is 40.8 Å². The van der Waals surface area contributed by atoms with E-state index in [0.717, 1.165) is 26.1 Å². The van der Waals surface area contributed by atoms with Gasteiger partial charge in [0.25, 0.3) is 0 Å². The maximum absolute atomic E-state index is 11.9. The molecule has 0 spiro atoms. The zero-order valence-corrected chi connectivity index (χ0v) is 13.1. The van der Waals surface area contributed by atoms with E-state index in [0.29, 0.717) is 18.5 Å². The molecule has 1 rings (SSSR count). The Morgan fingerprint density at radius 2 is 2.00 bits per heavy atom. The predicted octanol–water partition coefficient (Wildman–Crippen LogP) is 0.125. The number of rotatable bonds is 7. The van der Waals surface area contributed by atoms with Crippen LogP contribution in [0, 0.1) is 0 Å². The van der Waals surface area contributed by atoms with Crippen LogP contribution in [0.2, 0.25) is 0 Å². The lowest BCUT2D eigenvalue weighted by atomic mass is 10.1. The third kappa shape index (κ3) is 5.47. The van der Waals surface area contributed by atoms with Gasteiger partial charge in [-0.15, -0.1) is 0 Å². The molecule has 5 heteroatoms. The summed E-state index contributed by atoms with van der Waals surface area (Å²) in [5.41, 5.74) is 0. The molecule has 0 radical (unpaired) electrons. The molecular formula is C14H30N4O. The molecule has 0 bridgehead atoms. The highest BCUT2D eigenvalue weighted by Gasteiger charge is 2.32.